The summed E-state index contributed by atoms with van der Waals surface area (Å²) in [6, 6.07) is 0. The highest BCUT2D eigenvalue weighted by Gasteiger charge is 2.21. The monoisotopic (exact) mass is 308 g/mol. The normalized spacial score (nSPS) is 18.3. The molecule has 1 unspecified atom stereocenters. The van der Waals surface area contributed by atoms with Crippen LogP contribution in [0.2, 0.25) is 0 Å². The van der Waals surface area contributed by atoms with Gasteiger partial charge in [0.1, 0.15) is 15.5 Å². The minimum absolute atomic E-state index is 0.117. The SMILES string of the molecule is COC(=O)c1sc2nc(CC3CCCO3)[nH]c(=O)c2c1C. The van der Waals surface area contributed by atoms with E-state index in [2.05, 4.69) is 9.97 Å². The average molecular weight is 308 g/mol. The Balaban J connectivity index is 2.03. The van der Waals surface area contributed by atoms with Gasteiger partial charge in [-0.15, -0.1) is 11.3 Å². The van der Waals surface area contributed by atoms with E-state index in [1.165, 1.54) is 18.4 Å². The highest BCUT2D eigenvalue weighted by Crippen LogP contribution is 2.27. The molecule has 0 spiro atoms. The number of thiophene rings is 1. The van der Waals surface area contributed by atoms with Gasteiger partial charge >= 0.3 is 5.97 Å². The number of nitrogens with zero attached hydrogens (tertiary/aromatic N) is 1. The van der Waals surface area contributed by atoms with Crippen molar-refractivity contribution in [1.29, 1.82) is 0 Å². The Hall–Kier alpha value is -1.73. The first kappa shape index (κ1) is 14.2. The lowest BCUT2D eigenvalue weighted by molar-refractivity contribution is 0.0605. The Labute approximate surface area is 125 Å². The summed E-state index contributed by atoms with van der Waals surface area (Å²) in [5.41, 5.74) is 0.413. The molecule has 1 fully saturated rings. The number of ether oxygens (including phenoxy) is 2. The lowest BCUT2D eigenvalue weighted by atomic mass is 10.1. The smallest absolute Gasteiger partial charge is 0.348 e. The molecule has 0 bridgehead atoms. The largest absolute Gasteiger partial charge is 0.465 e. The van der Waals surface area contributed by atoms with Gasteiger partial charge in [0.15, 0.2) is 0 Å². The summed E-state index contributed by atoms with van der Waals surface area (Å²) in [5.74, 6) is 0.174. The molecule has 3 rings (SSSR count). The standard InChI is InChI=1S/C14H16N2O4S/c1-7-10-12(17)15-9(6-8-4-3-5-20-8)16-13(10)21-11(7)14(18)19-2/h8H,3-6H2,1-2H3,(H,15,16,17). The van der Waals surface area contributed by atoms with E-state index in [0.717, 1.165) is 19.4 Å². The summed E-state index contributed by atoms with van der Waals surface area (Å²) in [6.45, 7) is 2.50. The first-order chi connectivity index (χ1) is 10.1. The molecule has 0 aromatic carbocycles. The van der Waals surface area contributed by atoms with Crippen LogP contribution in [0.3, 0.4) is 0 Å². The van der Waals surface area contributed by atoms with Gasteiger partial charge in [0.05, 0.1) is 18.6 Å². The van der Waals surface area contributed by atoms with E-state index in [0.29, 0.717) is 32.9 Å². The van der Waals surface area contributed by atoms with Gasteiger partial charge in [0.25, 0.3) is 5.56 Å². The lowest BCUT2D eigenvalue weighted by Crippen LogP contribution is -2.17. The number of esters is 1. The molecule has 0 saturated carbocycles. The fourth-order valence-electron chi connectivity index (χ4n) is 2.59. The number of nitrogens with one attached hydrogen (secondary N) is 1. The molecule has 21 heavy (non-hydrogen) atoms. The maximum absolute atomic E-state index is 12.2. The third-order valence-corrected chi connectivity index (χ3v) is 4.83. The van der Waals surface area contributed by atoms with Crippen LogP contribution in [0, 0.1) is 6.92 Å². The van der Waals surface area contributed by atoms with E-state index in [1.807, 2.05) is 0 Å². The third-order valence-electron chi connectivity index (χ3n) is 3.67. The minimum atomic E-state index is -0.435. The van der Waals surface area contributed by atoms with Crippen LogP contribution in [0.4, 0.5) is 0 Å². The maximum atomic E-state index is 12.2. The summed E-state index contributed by atoms with van der Waals surface area (Å²) in [5, 5.41) is 0.469. The molecule has 1 saturated heterocycles. The quantitative estimate of drug-likeness (QED) is 0.874. The molecule has 1 aliphatic heterocycles. The number of aromatic nitrogens is 2. The topological polar surface area (TPSA) is 81.3 Å². The highest BCUT2D eigenvalue weighted by molar-refractivity contribution is 7.20. The van der Waals surface area contributed by atoms with Crippen LogP contribution in [0.1, 0.15) is 33.9 Å². The van der Waals surface area contributed by atoms with E-state index in [1.54, 1.807) is 6.92 Å². The molecule has 0 radical (unpaired) electrons. The maximum Gasteiger partial charge on any atom is 0.348 e. The first-order valence-corrected chi connectivity index (χ1v) is 7.64. The van der Waals surface area contributed by atoms with Gasteiger partial charge in [-0.2, -0.15) is 0 Å². The summed E-state index contributed by atoms with van der Waals surface area (Å²) >= 11 is 1.20. The second kappa shape index (κ2) is 5.57. The molecular formula is C14H16N2O4S. The van der Waals surface area contributed by atoms with Crippen molar-refractivity contribution in [2.24, 2.45) is 0 Å². The Morgan fingerprint density at radius 3 is 3.05 bits per heavy atom. The van der Waals surface area contributed by atoms with Crippen molar-refractivity contribution in [3.8, 4) is 0 Å². The predicted molar refractivity (Wildman–Crippen MR) is 79.0 cm³/mol. The first-order valence-electron chi connectivity index (χ1n) is 6.82. The molecular weight excluding hydrogens is 292 g/mol. The van der Waals surface area contributed by atoms with Crippen molar-refractivity contribution < 1.29 is 14.3 Å². The van der Waals surface area contributed by atoms with Crippen molar-refractivity contribution in [1.82, 2.24) is 9.97 Å². The van der Waals surface area contributed by atoms with Gasteiger partial charge in [-0.3, -0.25) is 4.79 Å². The second-order valence-corrected chi connectivity index (χ2v) is 6.08. The van der Waals surface area contributed by atoms with Crippen molar-refractivity contribution in [2.45, 2.75) is 32.3 Å². The van der Waals surface area contributed by atoms with Gasteiger partial charge in [-0.1, -0.05) is 0 Å². The van der Waals surface area contributed by atoms with Gasteiger partial charge in [-0.05, 0) is 25.3 Å². The zero-order chi connectivity index (χ0) is 15.0. The van der Waals surface area contributed by atoms with Gasteiger partial charge in [0.2, 0.25) is 0 Å². The number of fused-ring (bicyclic) bond motifs is 1. The summed E-state index contributed by atoms with van der Waals surface area (Å²) in [7, 11) is 1.33. The van der Waals surface area contributed by atoms with E-state index in [9.17, 15) is 9.59 Å². The number of aromatic amines is 1. The van der Waals surface area contributed by atoms with Crippen molar-refractivity contribution in [2.75, 3.05) is 13.7 Å². The zero-order valence-electron chi connectivity index (χ0n) is 11.9. The van der Waals surface area contributed by atoms with E-state index in [-0.39, 0.29) is 11.7 Å². The second-order valence-electron chi connectivity index (χ2n) is 5.08. The fourth-order valence-corrected chi connectivity index (χ4v) is 3.71. The Bertz CT molecular complexity index is 743. The molecule has 0 amide bonds. The predicted octanol–water partition coefficient (Wildman–Crippen LogP) is 1.80. The number of hydrogen-bond donors (Lipinski definition) is 1. The number of aryl methyl sites for hydroxylation is 1. The summed E-state index contributed by atoms with van der Waals surface area (Å²) in [4.78, 5) is 32.2. The molecule has 1 aliphatic rings. The van der Waals surface area contributed by atoms with Crippen molar-refractivity contribution >= 4 is 27.5 Å². The minimum Gasteiger partial charge on any atom is -0.465 e. The van der Waals surface area contributed by atoms with Gasteiger partial charge < -0.3 is 14.5 Å². The Kier molecular flexibility index (Phi) is 3.77. The molecule has 0 aliphatic carbocycles. The molecule has 2 aromatic rings. The zero-order valence-corrected chi connectivity index (χ0v) is 12.7. The third kappa shape index (κ3) is 2.58. The fraction of sp³-hybridized carbons (Fsp3) is 0.500. The van der Waals surface area contributed by atoms with Crippen molar-refractivity contribution in [3.05, 3.63) is 26.6 Å². The molecule has 6 nitrogen and oxygen atoms in total. The van der Waals surface area contributed by atoms with Crippen LogP contribution in [-0.2, 0) is 15.9 Å². The van der Waals surface area contributed by atoms with E-state index >= 15 is 0 Å². The van der Waals surface area contributed by atoms with E-state index < -0.39 is 5.97 Å². The molecule has 1 N–H and O–H groups in total. The number of hydrogen-bond acceptors (Lipinski definition) is 6. The molecule has 112 valence electrons. The van der Waals surface area contributed by atoms with Crippen LogP contribution in [-0.4, -0.2) is 35.8 Å². The van der Waals surface area contributed by atoms with Crippen LogP contribution < -0.4 is 5.56 Å². The Morgan fingerprint density at radius 2 is 2.38 bits per heavy atom. The van der Waals surface area contributed by atoms with Gasteiger partial charge in [-0.25, -0.2) is 9.78 Å². The van der Waals surface area contributed by atoms with Gasteiger partial charge in [0, 0.05) is 13.0 Å². The molecule has 2 aromatic heterocycles. The summed E-state index contributed by atoms with van der Waals surface area (Å²) < 4.78 is 10.3. The molecule has 3 heterocycles. The number of rotatable bonds is 3. The van der Waals surface area contributed by atoms with Crippen LogP contribution in [0.5, 0.6) is 0 Å². The average Bonchev–Trinajstić information content (AvgIpc) is 3.06. The summed E-state index contributed by atoms with van der Waals surface area (Å²) in [6.07, 6.45) is 2.74. The highest BCUT2D eigenvalue weighted by atomic mass is 32.1. The van der Waals surface area contributed by atoms with Crippen molar-refractivity contribution in [3.63, 3.8) is 0 Å². The van der Waals surface area contributed by atoms with Crippen LogP contribution in [0.15, 0.2) is 4.79 Å². The number of carbonyl (C=O) groups is 1. The number of carbonyl (C=O) groups excluding carboxylic acids is 1. The molecule has 1 atom stereocenters. The number of H-pyrrole nitrogens is 1. The van der Waals surface area contributed by atoms with Crippen LogP contribution in [0.25, 0.3) is 10.2 Å². The lowest BCUT2D eigenvalue weighted by Gasteiger charge is -2.07. The van der Waals surface area contributed by atoms with Crippen LogP contribution >= 0.6 is 11.3 Å². The number of methoxy groups -OCH3 is 1. The molecule has 7 heteroatoms. The van der Waals surface area contributed by atoms with E-state index in [4.69, 9.17) is 9.47 Å². The Morgan fingerprint density at radius 1 is 1.57 bits per heavy atom.